The van der Waals surface area contributed by atoms with Crippen molar-refractivity contribution in [3.05, 3.63) is 35.4 Å². The molecule has 2 atom stereocenters. The summed E-state index contributed by atoms with van der Waals surface area (Å²) in [6, 6.07) is 8.76. The van der Waals surface area contributed by atoms with Crippen LogP contribution in [0.15, 0.2) is 24.3 Å². The molecule has 0 aliphatic rings. The van der Waals surface area contributed by atoms with E-state index >= 15 is 0 Å². The molecule has 0 fully saturated rings. The number of rotatable bonds is 4. The fraction of sp³-hybridized carbons (Fsp3) is 0.538. The van der Waals surface area contributed by atoms with Crippen LogP contribution in [0, 0.1) is 12.8 Å². The molecule has 78 valence electrons. The average molecular weight is 211 g/mol. The quantitative estimate of drug-likeness (QED) is 0.648. The Bertz CT molecular complexity index is 280. The molecular weight excluding hydrogens is 192 g/mol. The average Bonchev–Trinajstić information content (AvgIpc) is 2.19. The van der Waals surface area contributed by atoms with Gasteiger partial charge in [-0.2, -0.15) is 0 Å². The van der Waals surface area contributed by atoms with Crippen molar-refractivity contribution in [2.75, 3.05) is 5.88 Å². The van der Waals surface area contributed by atoms with Gasteiger partial charge in [0.05, 0.1) is 0 Å². The van der Waals surface area contributed by atoms with Crippen LogP contribution >= 0.6 is 11.6 Å². The van der Waals surface area contributed by atoms with E-state index in [2.05, 4.69) is 45.0 Å². The predicted molar refractivity (Wildman–Crippen MR) is 64.1 cm³/mol. The summed E-state index contributed by atoms with van der Waals surface area (Å²) in [6.45, 7) is 6.60. The van der Waals surface area contributed by atoms with Gasteiger partial charge in [-0.3, -0.25) is 0 Å². The van der Waals surface area contributed by atoms with Gasteiger partial charge in [-0.25, -0.2) is 0 Å². The number of aryl methyl sites for hydroxylation is 1. The smallest absolute Gasteiger partial charge is 0.0254 e. The van der Waals surface area contributed by atoms with Crippen LogP contribution in [0.4, 0.5) is 0 Å². The van der Waals surface area contributed by atoms with E-state index in [0.29, 0.717) is 11.8 Å². The molecule has 0 nitrogen and oxygen atoms in total. The lowest BCUT2D eigenvalue weighted by molar-refractivity contribution is 0.490. The third-order valence-corrected chi connectivity index (χ3v) is 3.33. The summed E-state index contributed by atoms with van der Waals surface area (Å²) in [6.07, 6.45) is 1.16. The Hall–Kier alpha value is -0.490. The zero-order valence-electron chi connectivity index (χ0n) is 9.26. The van der Waals surface area contributed by atoms with Crippen molar-refractivity contribution in [3.63, 3.8) is 0 Å². The number of halogens is 1. The molecule has 0 saturated heterocycles. The van der Waals surface area contributed by atoms with E-state index in [0.717, 1.165) is 12.3 Å². The number of hydrogen-bond donors (Lipinski definition) is 0. The molecule has 0 bridgehead atoms. The molecule has 0 aromatic heterocycles. The van der Waals surface area contributed by atoms with Crippen molar-refractivity contribution in [2.24, 2.45) is 5.92 Å². The van der Waals surface area contributed by atoms with Gasteiger partial charge in [0.2, 0.25) is 0 Å². The number of alkyl halides is 1. The van der Waals surface area contributed by atoms with E-state index in [4.69, 9.17) is 11.6 Å². The summed E-state index contributed by atoms with van der Waals surface area (Å²) in [5.41, 5.74) is 2.77. The van der Waals surface area contributed by atoms with Crippen molar-refractivity contribution in [1.82, 2.24) is 0 Å². The second-order valence-corrected chi connectivity index (χ2v) is 4.37. The Kier molecular flexibility index (Phi) is 4.47. The molecule has 0 amide bonds. The first kappa shape index (κ1) is 11.6. The van der Waals surface area contributed by atoms with Crippen LogP contribution in [0.25, 0.3) is 0 Å². The molecule has 0 radical (unpaired) electrons. The molecule has 0 unspecified atom stereocenters. The van der Waals surface area contributed by atoms with Gasteiger partial charge in [0.25, 0.3) is 0 Å². The Morgan fingerprint density at radius 2 is 2.07 bits per heavy atom. The predicted octanol–water partition coefficient (Wildman–Crippen LogP) is 4.36. The summed E-state index contributed by atoms with van der Waals surface area (Å²) in [5, 5.41) is 0. The first-order valence-electron chi connectivity index (χ1n) is 5.31. The van der Waals surface area contributed by atoms with Crippen LogP contribution in [0.2, 0.25) is 0 Å². The van der Waals surface area contributed by atoms with Gasteiger partial charge in [-0.1, -0.05) is 43.7 Å². The Morgan fingerprint density at radius 1 is 1.36 bits per heavy atom. The van der Waals surface area contributed by atoms with E-state index in [-0.39, 0.29) is 0 Å². The van der Waals surface area contributed by atoms with Crippen molar-refractivity contribution in [1.29, 1.82) is 0 Å². The molecular formula is C13H19Cl. The maximum Gasteiger partial charge on any atom is 0.0254 e. The first-order valence-corrected chi connectivity index (χ1v) is 5.85. The lowest BCUT2D eigenvalue weighted by Gasteiger charge is -2.21. The standard InChI is InChI=1S/C13H19Cl/c1-4-13(11(3)9-14)12-7-5-6-10(2)8-12/h5-8,11,13H,4,9H2,1-3H3/t11-,13+/m0/s1. The summed E-state index contributed by atoms with van der Waals surface area (Å²) >= 11 is 5.92. The van der Waals surface area contributed by atoms with Crippen molar-refractivity contribution >= 4 is 11.6 Å². The van der Waals surface area contributed by atoms with Crippen LogP contribution in [0.5, 0.6) is 0 Å². The van der Waals surface area contributed by atoms with Gasteiger partial charge >= 0.3 is 0 Å². The molecule has 14 heavy (non-hydrogen) atoms. The highest BCUT2D eigenvalue weighted by Gasteiger charge is 2.16. The number of hydrogen-bond acceptors (Lipinski definition) is 0. The second-order valence-electron chi connectivity index (χ2n) is 4.06. The lowest BCUT2D eigenvalue weighted by Crippen LogP contribution is -2.10. The molecule has 0 heterocycles. The first-order chi connectivity index (χ1) is 6.69. The van der Waals surface area contributed by atoms with Gasteiger partial charge in [0, 0.05) is 5.88 Å². The maximum atomic E-state index is 5.92. The fourth-order valence-corrected chi connectivity index (χ4v) is 2.19. The van der Waals surface area contributed by atoms with Crippen LogP contribution in [0.1, 0.15) is 37.3 Å². The minimum absolute atomic E-state index is 0.559. The van der Waals surface area contributed by atoms with E-state index in [1.807, 2.05) is 0 Å². The number of benzene rings is 1. The minimum atomic E-state index is 0.559. The third kappa shape index (κ3) is 2.75. The molecule has 0 aliphatic heterocycles. The zero-order valence-corrected chi connectivity index (χ0v) is 10.0. The van der Waals surface area contributed by atoms with Crippen molar-refractivity contribution < 1.29 is 0 Å². The zero-order chi connectivity index (χ0) is 10.6. The Labute approximate surface area is 92.3 Å². The van der Waals surface area contributed by atoms with Crippen molar-refractivity contribution in [3.8, 4) is 0 Å². The largest absolute Gasteiger partial charge is 0.126 e. The topological polar surface area (TPSA) is 0 Å². The van der Waals surface area contributed by atoms with E-state index in [1.165, 1.54) is 11.1 Å². The summed E-state index contributed by atoms with van der Waals surface area (Å²) in [4.78, 5) is 0. The SMILES string of the molecule is CC[C@@H](c1cccc(C)c1)[C@@H](C)CCl. The van der Waals surface area contributed by atoms with Crippen molar-refractivity contribution in [2.45, 2.75) is 33.1 Å². The third-order valence-electron chi connectivity index (χ3n) is 2.84. The summed E-state index contributed by atoms with van der Waals surface area (Å²) in [7, 11) is 0. The van der Waals surface area contributed by atoms with E-state index in [9.17, 15) is 0 Å². The fourth-order valence-electron chi connectivity index (χ4n) is 1.97. The van der Waals surface area contributed by atoms with Crippen LogP contribution in [-0.2, 0) is 0 Å². The van der Waals surface area contributed by atoms with Gasteiger partial charge in [0.1, 0.15) is 0 Å². The summed E-state index contributed by atoms with van der Waals surface area (Å²) < 4.78 is 0. The monoisotopic (exact) mass is 210 g/mol. The highest BCUT2D eigenvalue weighted by atomic mass is 35.5. The molecule has 0 spiro atoms. The van der Waals surface area contributed by atoms with Crippen LogP contribution in [0.3, 0.4) is 0 Å². The molecule has 1 aromatic carbocycles. The van der Waals surface area contributed by atoms with Gasteiger partial charge in [0.15, 0.2) is 0 Å². The Balaban J connectivity index is 2.89. The maximum absolute atomic E-state index is 5.92. The normalized spacial score (nSPS) is 15.1. The lowest BCUT2D eigenvalue weighted by atomic mass is 9.86. The summed E-state index contributed by atoms with van der Waals surface area (Å²) in [5.74, 6) is 1.91. The second kappa shape index (κ2) is 5.41. The molecule has 0 aliphatic carbocycles. The molecule has 1 heteroatoms. The Morgan fingerprint density at radius 3 is 2.57 bits per heavy atom. The molecule has 1 aromatic rings. The molecule has 0 saturated carbocycles. The molecule has 1 rings (SSSR count). The van der Waals surface area contributed by atoms with E-state index in [1.54, 1.807) is 0 Å². The minimum Gasteiger partial charge on any atom is -0.126 e. The molecule has 0 N–H and O–H groups in total. The highest BCUT2D eigenvalue weighted by Crippen LogP contribution is 2.29. The van der Waals surface area contributed by atoms with Crippen LogP contribution in [-0.4, -0.2) is 5.88 Å². The highest BCUT2D eigenvalue weighted by molar-refractivity contribution is 6.18. The van der Waals surface area contributed by atoms with E-state index < -0.39 is 0 Å². The van der Waals surface area contributed by atoms with Gasteiger partial charge < -0.3 is 0 Å². The van der Waals surface area contributed by atoms with Gasteiger partial charge in [-0.05, 0) is 30.7 Å². The van der Waals surface area contributed by atoms with Gasteiger partial charge in [-0.15, -0.1) is 11.6 Å². The van der Waals surface area contributed by atoms with Crippen LogP contribution < -0.4 is 0 Å².